The molecule has 1 heterocycles. The maximum atomic E-state index is 10.8. The summed E-state index contributed by atoms with van der Waals surface area (Å²) in [4.78, 5) is 26.0. The predicted octanol–water partition coefficient (Wildman–Crippen LogP) is -0.131. The fraction of sp³-hybridized carbons (Fsp3) is 0.200. The summed E-state index contributed by atoms with van der Waals surface area (Å²) in [5.74, 6) is -0.562. The van der Waals surface area contributed by atoms with Gasteiger partial charge < -0.3 is 4.98 Å². The van der Waals surface area contributed by atoms with Gasteiger partial charge in [0.2, 0.25) is 0 Å². The summed E-state index contributed by atoms with van der Waals surface area (Å²) in [6, 6.07) is 0. The van der Waals surface area contributed by atoms with Gasteiger partial charge in [0, 0.05) is 4.92 Å². The minimum Gasteiger partial charge on any atom is -0.342 e. The van der Waals surface area contributed by atoms with Crippen molar-refractivity contribution in [1.29, 1.82) is 0 Å². The molecule has 1 rings (SSSR count). The van der Waals surface area contributed by atoms with Crippen LogP contribution in [0.1, 0.15) is 10.5 Å². The summed E-state index contributed by atoms with van der Waals surface area (Å²) < 4.78 is 0. The molecule has 11 heavy (non-hydrogen) atoms. The van der Waals surface area contributed by atoms with E-state index in [9.17, 15) is 14.9 Å². The van der Waals surface area contributed by atoms with Gasteiger partial charge in [-0.05, 0) is 0 Å². The van der Waals surface area contributed by atoms with Crippen molar-refractivity contribution in [3.63, 3.8) is 0 Å². The van der Waals surface area contributed by atoms with Crippen molar-refractivity contribution in [1.82, 2.24) is 9.97 Å². The Morgan fingerprint density at radius 2 is 2.55 bits per heavy atom. The Hall–Kier alpha value is -1.72. The van der Waals surface area contributed by atoms with Gasteiger partial charge in [-0.3, -0.25) is 14.9 Å². The number of H-pyrrole nitrogens is 1. The smallest absolute Gasteiger partial charge is 0.267 e. The van der Waals surface area contributed by atoms with Crippen molar-refractivity contribution in [3.8, 4) is 0 Å². The van der Waals surface area contributed by atoms with Crippen molar-refractivity contribution in [3.05, 3.63) is 28.3 Å². The van der Waals surface area contributed by atoms with Gasteiger partial charge >= 0.3 is 0 Å². The van der Waals surface area contributed by atoms with Gasteiger partial charge in [0.15, 0.2) is 0 Å². The molecule has 0 aliphatic carbocycles. The maximum Gasteiger partial charge on any atom is 0.267 e. The van der Waals surface area contributed by atoms with E-state index in [0.717, 1.165) is 0 Å². The molecule has 58 valence electrons. The first-order valence-corrected chi connectivity index (χ1v) is 2.83. The van der Waals surface area contributed by atoms with Gasteiger partial charge in [-0.2, -0.15) is 0 Å². The molecule has 0 spiro atoms. The largest absolute Gasteiger partial charge is 0.342 e. The molecule has 0 aromatic carbocycles. The molecule has 0 unspecified atom stereocenters. The lowest BCUT2D eigenvalue weighted by molar-refractivity contribution is -0.465. The highest BCUT2D eigenvalue weighted by Gasteiger charge is 2.12. The maximum absolute atomic E-state index is 10.8. The van der Waals surface area contributed by atoms with E-state index in [0.29, 0.717) is 0 Å². The van der Waals surface area contributed by atoms with Crippen LogP contribution in [0.4, 0.5) is 0 Å². The first-order chi connectivity index (χ1) is 5.20. The molecule has 1 aromatic rings. The molecular formula is C5H5N3O3. The summed E-state index contributed by atoms with van der Waals surface area (Å²) in [6.07, 6.45) is 2.55. The number of ketones is 1. The van der Waals surface area contributed by atoms with Gasteiger partial charge in [-0.15, -0.1) is 0 Å². The van der Waals surface area contributed by atoms with E-state index in [4.69, 9.17) is 0 Å². The van der Waals surface area contributed by atoms with E-state index in [1.54, 1.807) is 0 Å². The number of aromatic nitrogens is 2. The monoisotopic (exact) mass is 155 g/mol. The van der Waals surface area contributed by atoms with Gasteiger partial charge in [-0.25, -0.2) is 4.98 Å². The summed E-state index contributed by atoms with van der Waals surface area (Å²) in [5.41, 5.74) is 0.168. The number of rotatable bonds is 3. The van der Waals surface area contributed by atoms with E-state index >= 15 is 0 Å². The number of Topliss-reactive ketones (excluding diaryl/α,β-unsaturated/α-hetero) is 1. The molecule has 0 aliphatic rings. The summed E-state index contributed by atoms with van der Waals surface area (Å²) in [5, 5.41) is 9.86. The Labute approximate surface area is 61.4 Å². The number of imidazole rings is 1. The highest BCUT2D eigenvalue weighted by Crippen LogP contribution is 1.92. The number of carbonyl (C=O) groups excluding carboxylic acids is 1. The van der Waals surface area contributed by atoms with Crippen molar-refractivity contribution < 1.29 is 9.72 Å². The number of nitro groups is 1. The quantitative estimate of drug-likeness (QED) is 0.374. The molecule has 0 aliphatic heterocycles. The van der Waals surface area contributed by atoms with Crippen LogP contribution in [0.3, 0.4) is 0 Å². The van der Waals surface area contributed by atoms with Crippen LogP contribution in [0.2, 0.25) is 0 Å². The molecule has 0 amide bonds. The van der Waals surface area contributed by atoms with Gasteiger partial charge in [0.1, 0.15) is 5.69 Å². The highest BCUT2D eigenvalue weighted by atomic mass is 16.6. The van der Waals surface area contributed by atoms with Gasteiger partial charge in [0.25, 0.3) is 12.3 Å². The normalized spacial score (nSPS) is 9.45. The lowest BCUT2D eigenvalue weighted by atomic mass is 10.3. The van der Waals surface area contributed by atoms with E-state index < -0.39 is 17.3 Å². The lowest BCUT2D eigenvalue weighted by Crippen LogP contribution is -2.13. The van der Waals surface area contributed by atoms with Gasteiger partial charge in [0.05, 0.1) is 12.5 Å². The number of aromatic amines is 1. The Morgan fingerprint density at radius 1 is 1.82 bits per heavy atom. The topological polar surface area (TPSA) is 88.9 Å². The van der Waals surface area contributed by atoms with Crippen LogP contribution in [0.15, 0.2) is 12.5 Å². The summed E-state index contributed by atoms with van der Waals surface area (Å²) >= 11 is 0. The minimum absolute atomic E-state index is 0.168. The summed E-state index contributed by atoms with van der Waals surface area (Å²) in [6.45, 7) is -0.692. The molecule has 0 radical (unpaired) electrons. The van der Waals surface area contributed by atoms with Crippen LogP contribution in [-0.2, 0) is 0 Å². The highest BCUT2D eigenvalue weighted by molar-refractivity contribution is 5.94. The third-order valence-corrected chi connectivity index (χ3v) is 1.07. The van der Waals surface area contributed by atoms with E-state index in [2.05, 4.69) is 9.97 Å². The predicted molar refractivity (Wildman–Crippen MR) is 34.8 cm³/mol. The molecule has 0 bridgehead atoms. The second-order valence-corrected chi connectivity index (χ2v) is 1.88. The van der Waals surface area contributed by atoms with Crippen molar-refractivity contribution in [2.75, 3.05) is 6.54 Å². The Morgan fingerprint density at radius 3 is 3.00 bits per heavy atom. The molecule has 1 aromatic heterocycles. The molecule has 1 N–H and O–H groups in total. The summed E-state index contributed by atoms with van der Waals surface area (Å²) in [7, 11) is 0. The fourth-order valence-electron chi connectivity index (χ4n) is 0.611. The third-order valence-electron chi connectivity index (χ3n) is 1.07. The average Bonchev–Trinajstić information content (AvgIpc) is 2.35. The van der Waals surface area contributed by atoms with Gasteiger partial charge in [-0.1, -0.05) is 0 Å². The van der Waals surface area contributed by atoms with E-state index in [1.807, 2.05) is 0 Å². The molecule has 0 atom stereocenters. The number of hydrogen-bond donors (Lipinski definition) is 1. The lowest BCUT2D eigenvalue weighted by Gasteiger charge is -1.88. The Bertz CT molecular complexity index is 267. The SMILES string of the molecule is O=C(C[N+](=O)[O-])c1cnc[nH]1. The van der Waals surface area contributed by atoms with Crippen LogP contribution in [-0.4, -0.2) is 27.2 Å². The van der Waals surface area contributed by atoms with Crippen molar-refractivity contribution in [2.45, 2.75) is 0 Å². The van der Waals surface area contributed by atoms with Crippen LogP contribution in [0.25, 0.3) is 0 Å². The number of nitrogens with one attached hydrogen (secondary N) is 1. The van der Waals surface area contributed by atoms with E-state index in [-0.39, 0.29) is 5.69 Å². The zero-order valence-corrected chi connectivity index (χ0v) is 5.48. The minimum atomic E-state index is -0.692. The Kier molecular flexibility index (Phi) is 1.95. The zero-order valence-electron chi connectivity index (χ0n) is 5.48. The molecule has 6 heteroatoms. The van der Waals surface area contributed by atoms with Crippen molar-refractivity contribution >= 4 is 5.78 Å². The molecule has 0 saturated carbocycles. The van der Waals surface area contributed by atoms with Crippen molar-refractivity contribution in [2.24, 2.45) is 0 Å². The fourth-order valence-corrected chi connectivity index (χ4v) is 0.611. The molecule has 0 fully saturated rings. The number of nitrogens with zero attached hydrogens (tertiary/aromatic N) is 2. The molecule has 0 saturated heterocycles. The van der Waals surface area contributed by atoms with Crippen LogP contribution < -0.4 is 0 Å². The van der Waals surface area contributed by atoms with Crippen LogP contribution in [0.5, 0.6) is 0 Å². The second-order valence-electron chi connectivity index (χ2n) is 1.88. The second kappa shape index (κ2) is 2.91. The standard InChI is InChI=1S/C5H5N3O3/c9-5(2-8(10)11)4-1-6-3-7-4/h1,3H,2H2,(H,6,7). The van der Waals surface area contributed by atoms with Crippen LogP contribution in [0, 0.1) is 10.1 Å². The first kappa shape index (κ1) is 7.39. The molecular weight excluding hydrogens is 150 g/mol. The number of carbonyl (C=O) groups is 1. The zero-order chi connectivity index (χ0) is 8.27. The Balaban J connectivity index is 2.64. The van der Waals surface area contributed by atoms with E-state index in [1.165, 1.54) is 12.5 Å². The number of hydrogen-bond acceptors (Lipinski definition) is 4. The molecule has 6 nitrogen and oxygen atoms in total. The average molecular weight is 155 g/mol. The van der Waals surface area contributed by atoms with Crippen LogP contribution >= 0.6 is 0 Å². The first-order valence-electron chi connectivity index (χ1n) is 2.83. The third kappa shape index (κ3) is 1.85.